The van der Waals surface area contributed by atoms with Crippen LogP contribution in [0.2, 0.25) is 0 Å². The zero-order valence-electron chi connectivity index (χ0n) is 13.3. The van der Waals surface area contributed by atoms with Crippen LogP contribution in [0.15, 0.2) is 12.4 Å². The molecule has 1 N–H and O–H groups in total. The van der Waals surface area contributed by atoms with Crippen LogP contribution in [0.25, 0.3) is 0 Å². The molecule has 1 aliphatic heterocycles. The number of amides is 1. The molecule has 2 rings (SSSR count). The minimum Gasteiger partial charge on any atom is -0.481 e. The van der Waals surface area contributed by atoms with Crippen LogP contribution >= 0.6 is 0 Å². The molecule has 0 saturated carbocycles. The lowest BCUT2D eigenvalue weighted by Crippen LogP contribution is -2.52. The van der Waals surface area contributed by atoms with Gasteiger partial charge in [0.15, 0.2) is 0 Å². The number of aryl methyl sites for hydroxylation is 1. The molecule has 1 saturated heterocycles. The number of carboxylic acids is 1. The maximum atomic E-state index is 11.8. The number of aromatic nitrogens is 2. The van der Waals surface area contributed by atoms with Crippen molar-refractivity contribution >= 4 is 12.1 Å². The molecule has 2 heterocycles. The highest BCUT2D eigenvalue weighted by Gasteiger charge is 2.33. The van der Waals surface area contributed by atoms with Gasteiger partial charge in [0.05, 0.1) is 6.20 Å². The molecule has 0 unspecified atom stereocenters. The predicted octanol–water partition coefficient (Wildman–Crippen LogP) is 1.77. The van der Waals surface area contributed by atoms with Gasteiger partial charge in [0, 0.05) is 38.2 Å². The van der Waals surface area contributed by atoms with E-state index in [0.29, 0.717) is 25.4 Å². The molecular weight excluding hydrogens is 286 g/mol. The van der Waals surface area contributed by atoms with Crippen LogP contribution in [0.4, 0.5) is 4.79 Å². The van der Waals surface area contributed by atoms with Gasteiger partial charge in [-0.05, 0) is 32.8 Å². The largest absolute Gasteiger partial charge is 0.481 e. The molecule has 1 aliphatic rings. The molecular formula is C15H23N3O4. The summed E-state index contributed by atoms with van der Waals surface area (Å²) in [6.07, 6.45) is 3.91. The second-order valence-corrected chi connectivity index (χ2v) is 6.72. The van der Waals surface area contributed by atoms with E-state index in [0.717, 1.165) is 12.1 Å². The summed E-state index contributed by atoms with van der Waals surface area (Å²) in [5, 5.41) is 12.9. The molecule has 1 aromatic heterocycles. The van der Waals surface area contributed by atoms with Gasteiger partial charge in [-0.1, -0.05) is 0 Å². The zero-order valence-corrected chi connectivity index (χ0v) is 13.3. The predicted molar refractivity (Wildman–Crippen MR) is 79.5 cm³/mol. The summed E-state index contributed by atoms with van der Waals surface area (Å²) in [5.74, 6) is -0.445. The van der Waals surface area contributed by atoms with Gasteiger partial charge in [-0.3, -0.25) is 9.48 Å². The highest BCUT2D eigenvalue weighted by molar-refractivity contribution is 5.69. The number of rotatable bonds is 5. The minimum absolute atomic E-state index is 0.113. The molecule has 0 bridgehead atoms. The third-order valence-corrected chi connectivity index (χ3v) is 3.37. The molecule has 0 radical (unpaired) electrons. The van der Waals surface area contributed by atoms with Gasteiger partial charge in [0.1, 0.15) is 5.60 Å². The molecule has 1 aromatic rings. The van der Waals surface area contributed by atoms with E-state index in [-0.39, 0.29) is 12.5 Å². The lowest BCUT2D eigenvalue weighted by molar-refractivity contribution is -0.136. The average molecular weight is 309 g/mol. The van der Waals surface area contributed by atoms with Crippen molar-refractivity contribution < 1.29 is 19.4 Å². The molecule has 7 heteroatoms. The molecule has 22 heavy (non-hydrogen) atoms. The Bertz CT molecular complexity index is 541. The summed E-state index contributed by atoms with van der Waals surface area (Å²) in [6, 6.07) is 0. The maximum Gasteiger partial charge on any atom is 0.410 e. The van der Waals surface area contributed by atoms with Crippen LogP contribution < -0.4 is 0 Å². The Morgan fingerprint density at radius 2 is 2.09 bits per heavy atom. The van der Waals surface area contributed by atoms with E-state index in [1.807, 2.05) is 31.6 Å². The van der Waals surface area contributed by atoms with E-state index in [2.05, 4.69) is 5.10 Å². The third kappa shape index (κ3) is 4.75. The zero-order chi connectivity index (χ0) is 16.3. The molecule has 0 spiro atoms. The Morgan fingerprint density at radius 1 is 1.41 bits per heavy atom. The maximum absolute atomic E-state index is 11.8. The smallest absolute Gasteiger partial charge is 0.410 e. The lowest BCUT2D eigenvalue weighted by Gasteiger charge is -2.39. The minimum atomic E-state index is -0.806. The van der Waals surface area contributed by atoms with Crippen LogP contribution in [-0.4, -0.2) is 50.5 Å². The highest BCUT2D eigenvalue weighted by Crippen LogP contribution is 2.21. The molecule has 1 amide bonds. The molecule has 0 aromatic carbocycles. The van der Waals surface area contributed by atoms with Crippen LogP contribution in [-0.2, 0) is 22.5 Å². The quantitative estimate of drug-likeness (QED) is 0.896. The fraction of sp³-hybridized carbons (Fsp3) is 0.667. The second-order valence-electron chi connectivity index (χ2n) is 6.72. The van der Waals surface area contributed by atoms with Gasteiger partial charge in [0.25, 0.3) is 0 Å². The van der Waals surface area contributed by atoms with Crippen molar-refractivity contribution in [1.82, 2.24) is 14.7 Å². The number of likely N-dealkylation sites (tertiary alicyclic amines) is 1. The summed E-state index contributed by atoms with van der Waals surface area (Å²) in [4.78, 5) is 24.0. The summed E-state index contributed by atoms with van der Waals surface area (Å²) in [6.45, 7) is 7.62. The SMILES string of the molecule is CC(C)(C)OC(=O)N1CC(Cn2cc(CCC(=O)O)cn2)C1. The number of ether oxygens (including phenoxy) is 1. The van der Waals surface area contributed by atoms with Gasteiger partial charge in [0.2, 0.25) is 0 Å². The molecule has 7 nitrogen and oxygen atoms in total. The normalized spacial score (nSPS) is 15.5. The van der Waals surface area contributed by atoms with Crippen LogP contribution in [0.1, 0.15) is 32.8 Å². The number of nitrogens with zero attached hydrogens (tertiary/aromatic N) is 3. The monoisotopic (exact) mass is 309 g/mol. The Hall–Kier alpha value is -2.05. The van der Waals surface area contributed by atoms with Crippen molar-refractivity contribution in [2.45, 2.75) is 45.8 Å². The van der Waals surface area contributed by atoms with E-state index in [9.17, 15) is 9.59 Å². The molecule has 0 aliphatic carbocycles. The second kappa shape index (κ2) is 6.37. The van der Waals surface area contributed by atoms with Gasteiger partial charge >= 0.3 is 12.1 Å². The Labute approximate surface area is 129 Å². The first-order chi connectivity index (χ1) is 10.2. The first-order valence-corrected chi connectivity index (χ1v) is 7.44. The van der Waals surface area contributed by atoms with Gasteiger partial charge in [-0.25, -0.2) is 4.79 Å². The van der Waals surface area contributed by atoms with Gasteiger partial charge < -0.3 is 14.7 Å². The van der Waals surface area contributed by atoms with Crippen molar-refractivity contribution in [3.8, 4) is 0 Å². The topological polar surface area (TPSA) is 84.7 Å². The number of hydrogen-bond acceptors (Lipinski definition) is 4. The number of carboxylic acid groups (broad SMARTS) is 1. The number of aliphatic carboxylic acids is 1. The van der Waals surface area contributed by atoms with E-state index in [4.69, 9.17) is 9.84 Å². The Morgan fingerprint density at radius 3 is 2.68 bits per heavy atom. The van der Waals surface area contributed by atoms with E-state index in [1.165, 1.54) is 0 Å². The number of carbonyl (C=O) groups is 2. The van der Waals surface area contributed by atoms with E-state index < -0.39 is 11.6 Å². The van der Waals surface area contributed by atoms with Crippen molar-refractivity contribution in [1.29, 1.82) is 0 Å². The van der Waals surface area contributed by atoms with Crippen LogP contribution in [0, 0.1) is 5.92 Å². The first-order valence-electron chi connectivity index (χ1n) is 7.44. The molecule has 1 fully saturated rings. The standard InChI is InChI=1S/C15H23N3O4/c1-15(2,3)22-14(21)17-7-12(8-17)10-18-9-11(6-16-18)4-5-13(19)20/h6,9,12H,4-5,7-8,10H2,1-3H3,(H,19,20). The summed E-state index contributed by atoms with van der Waals surface area (Å²) < 4.78 is 7.12. The van der Waals surface area contributed by atoms with Gasteiger partial charge in [-0.15, -0.1) is 0 Å². The summed E-state index contributed by atoms with van der Waals surface area (Å²) >= 11 is 0. The Balaban J connectivity index is 1.73. The summed E-state index contributed by atoms with van der Waals surface area (Å²) in [7, 11) is 0. The van der Waals surface area contributed by atoms with Crippen molar-refractivity contribution in [3.05, 3.63) is 18.0 Å². The van der Waals surface area contributed by atoms with Crippen molar-refractivity contribution in [3.63, 3.8) is 0 Å². The van der Waals surface area contributed by atoms with Crippen molar-refractivity contribution in [2.24, 2.45) is 5.92 Å². The fourth-order valence-electron chi connectivity index (χ4n) is 2.31. The van der Waals surface area contributed by atoms with E-state index >= 15 is 0 Å². The molecule has 0 atom stereocenters. The number of hydrogen-bond donors (Lipinski definition) is 1. The number of carbonyl (C=O) groups excluding carboxylic acids is 1. The average Bonchev–Trinajstić information content (AvgIpc) is 2.76. The Kier molecular flexibility index (Phi) is 4.73. The van der Waals surface area contributed by atoms with E-state index in [1.54, 1.807) is 11.1 Å². The van der Waals surface area contributed by atoms with Crippen LogP contribution in [0.3, 0.4) is 0 Å². The fourth-order valence-corrected chi connectivity index (χ4v) is 2.31. The highest BCUT2D eigenvalue weighted by atomic mass is 16.6. The summed E-state index contributed by atoms with van der Waals surface area (Å²) in [5.41, 5.74) is 0.453. The third-order valence-electron chi connectivity index (χ3n) is 3.37. The first kappa shape index (κ1) is 16.3. The van der Waals surface area contributed by atoms with Crippen molar-refractivity contribution in [2.75, 3.05) is 13.1 Å². The van der Waals surface area contributed by atoms with Gasteiger partial charge in [-0.2, -0.15) is 5.10 Å². The van der Waals surface area contributed by atoms with Crippen LogP contribution in [0.5, 0.6) is 0 Å². The lowest BCUT2D eigenvalue weighted by atomic mass is 10.0. The molecule has 122 valence electrons.